The van der Waals surface area contributed by atoms with Crippen LogP contribution in [0.3, 0.4) is 0 Å². The Hall–Kier alpha value is -2.77. The van der Waals surface area contributed by atoms with Gasteiger partial charge in [0, 0.05) is 17.0 Å². The van der Waals surface area contributed by atoms with Crippen molar-refractivity contribution in [3.63, 3.8) is 0 Å². The lowest BCUT2D eigenvalue weighted by molar-refractivity contribution is 0.264. The zero-order chi connectivity index (χ0) is 20.2. The second kappa shape index (κ2) is 8.71. The monoisotopic (exact) mass is 412 g/mol. The van der Waals surface area contributed by atoms with Gasteiger partial charge in [0.2, 0.25) is 5.95 Å². The molecule has 0 amide bonds. The number of nitrogens with one attached hydrogen (secondary N) is 2. The molecule has 29 heavy (non-hydrogen) atoms. The van der Waals surface area contributed by atoms with Crippen molar-refractivity contribution in [1.82, 2.24) is 14.9 Å². The van der Waals surface area contributed by atoms with Gasteiger partial charge in [-0.1, -0.05) is 23.7 Å². The van der Waals surface area contributed by atoms with E-state index in [0.717, 1.165) is 42.7 Å². The molecule has 1 aliphatic heterocycles. The molecule has 1 aromatic heterocycles. The summed E-state index contributed by atoms with van der Waals surface area (Å²) in [4.78, 5) is 11.5. The standard InChI is InChI=1S/C21H22ClFN6/c1-29-10-8-16(9-11-29)25-20-17-4-2-3-5-19(17)26-21(27-20)28-24-13-14-6-7-15(23)12-18(14)22/h2-7,12-13,16H,8-11H2,1H3,(H2,25,26,27,28)/b24-13+. The summed E-state index contributed by atoms with van der Waals surface area (Å²) in [5.41, 5.74) is 4.29. The lowest BCUT2D eigenvalue weighted by Crippen LogP contribution is -2.37. The minimum atomic E-state index is -0.386. The van der Waals surface area contributed by atoms with Gasteiger partial charge in [-0.3, -0.25) is 0 Å². The van der Waals surface area contributed by atoms with Crippen LogP contribution in [0, 0.1) is 5.82 Å². The fourth-order valence-electron chi connectivity index (χ4n) is 3.35. The number of halogens is 2. The molecule has 6 nitrogen and oxygen atoms in total. The van der Waals surface area contributed by atoms with Crippen molar-refractivity contribution in [3.8, 4) is 0 Å². The molecule has 0 saturated carbocycles. The van der Waals surface area contributed by atoms with E-state index in [4.69, 9.17) is 11.6 Å². The molecule has 3 aromatic rings. The average Bonchev–Trinajstić information content (AvgIpc) is 2.71. The number of nitrogens with zero attached hydrogens (tertiary/aromatic N) is 4. The first-order valence-corrected chi connectivity index (χ1v) is 9.92. The quantitative estimate of drug-likeness (QED) is 0.481. The van der Waals surface area contributed by atoms with Crippen molar-refractivity contribution in [2.45, 2.75) is 18.9 Å². The highest BCUT2D eigenvalue weighted by atomic mass is 35.5. The summed E-state index contributed by atoms with van der Waals surface area (Å²) in [6.45, 7) is 2.13. The Labute approximate surface area is 173 Å². The first-order chi connectivity index (χ1) is 14.1. The van der Waals surface area contributed by atoms with E-state index in [2.05, 4.69) is 37.8 Å². The van der Waals surface area contributed by atoms with Crippen LogP contribution < -0.4 is 10.7 Å². The number of hydrazone groups is 1. The van der Waals surface area contributed by atoms with Crippen molar-refractivity contribution >= 4 is 40.5 Å². The highest BCUT2D eigenvalue weighted by Crippen LogP contribution is 2.24. The molecule has 0 unspecified atom stereocenters. The van der Waals surface area contributed by atoms with E-state index in [-0.39, 0.29) is 5.82 Å². The molecule has 0 bridgehead atoms. The molecular formula is C21H22ClFN6. The van der Waals surface area contributed by atoms with Crippen LogP contribution in [0.1, 0.15) is 18.4 Å². The van der Waals surface area contributed by atoms with Gasteiger partial charge in [0.05, 0.1) is 16.8 Å². The molecule has 0 aliphatic carbocycles. The normalized spacial score (nSPS) is 15.8. The van der Waals surface area contributed by atoms with Crippen LogP contribution in [0.4, 0.5) is 16.2 Å². The molecule has 0 spiro atoms. The molecule has 0 atom stereocenters. The van der Waals surface area contributed by atoms with Gasteiger partial charge in [0.15, 0.2) is 0 Å². The summed E-state index contributed by atoms with van der Waals surface area (Å²) < 4.78 is 13.2. The minimum absolute atomic E-state index is 0.291. The summed E-state index contributed by atoms with van der Waals surface area (Å²) in [6, 6.07) is 12.4. The van der Waals surface area contributed by atoms with Crippen molar-refractivity contribution in [2.24, 2.45) is 5.10 Å². The molecule has 150 valence electrons. The maximum Gasteiger partial charge on any atom is 0.246 e. The Morgan fingerprint density at radius 2 is 1.97 bits per heavy atom. The summed E-state index contributed by atoms with van der Waals surface area (Å²) in [6.07, 6.45) is 3.65. The largest absolute Gasteiger partial charge is 0.367 e. The number of likely N-dealkylation sites (tertiary alicyclic amines) is 1. The Kier molecular flexibility index (Phi) is 5.87. The second-order valence-corrected chi connectivity index (χ2v) is 7.58. The van der Waals surface area contributed by atoms with Gasteiger partial charge in [0.25, 0.3) is 0 Å². The fourth-order valence-corrected chi connectivity index (χ4v) is 3.56. The van der Waals surface area contributed by atoms with E-state index in [1.54, 1.807) is 6.07 Å². The van der Waals surface area contributed by atoms with Gasteiger partial charge in [0.1, 0.15) is 11.6 Å². The predicted octanol–water partition coefficient (Wildman–Crippen LogP) is 4.37. The lowest BCUT2D eigenvalue weighted by Gasteiger charge is -2.30. The van der Waals surface area contributed by atoms with E-state index < -0.39 is 0 Å². The zero-order valence-electron chi connectivity index (χ0n) is 16.1. The SMILES string of the molecule is CN1CCC(Nc2nc(N/N=C/c3ccc(F)cc3Cl)nc3ccccc23)CC1. The predicted molar refractivity (Wildman–Crippen MR) is 116 cm³/mol. The van der Waals surface area contributed by atoms with Crippen LogP contribution in [0.15, 0.2) is 47.6 Å². The summed E-state index contributed by atoms with van der Waals surface area (Å²) in [5.74, 6) is 0.791. The molecular weight excluding hydrogens is 391 g/mol. The van der Waals surface area contributed by atoms with Gasteiger partial charge in [-0.2, -0.15) is 10.1 Å². The van der Waals surface area contributed by atoms with Crippen LogP contribution in [-0.4, -0.2) is 47.3 Å². The molecule has 2 aromatic carbocycles. The maximum absolute atomic E-state index is 13.2. The Morgan fingerprint density at radius 1 is 1.17 bits per heavy atom. The minimum Gasteiger partial charge on any atom is -0.367 e. The van der Waals surface area contributed by atoms with Crippen molar-refractivity contribution in [3.05, 3.63) is 58.9 Å². The van der Waals surface area contributed by atoms with Crippen LogP contribution in [0.2, 0.25) is 5.02 Å². The van der Waals surface area contributed by atoms with E-state index in [1.807, 2.05) is 24.3 Å². The molecule has 1 aliphatic rings. The molecule has 1 saturated heterocycles. The number of rotatable bonds is 5. The highest BCUT2D eigenvalue weighted by molar-refractivity contribution is 6.33. The maximum atomic E-state index is 13.2. The Bertz CT molecular complexity index is 1030. The van der Waals surface area contributed by atoms with E-state index in [0.29, 0.717) is 22.6 Å². The lowest BCUT2D eigenvalue weighted by atomic mass is 10.1. The van der Waals surface area contributed by atoms with Crippen LogP contribution in [0.5, 0.6) is 0 Å². The van der Waals surface area contributed by atoms with E-state index in [9.17, 15) is 4.39 Å². The topological polar surface area (TPSA) is 65.4 Å². The third-order valence-corrected chi connectivity index (χ3v) is 5.32. The number of benzene rings is 2. The number of aromatic nitrogens is 2. The van der Waals surface area contributed by atoms with Gasteiger partial charge in [-0.25, -0.2) is 14.8 Å². The van der Waals surface area contributed by atoms with Crippen LogP contribution in [0.25, 0.3) is 10.9 Å². The summed E-state index contributed by atoms with van der Waals surface area (Å²) >= 11 is 6.03. The number of para-hydroxylation sites is 1. The second-order valence-electron chi connectivity index (χ2n) is 7.17. The Morgan fingerprint density at radius 3 is 2.76 bits per heavy atom. The first kappa shape index (κ1) is 19.5. The van der Waals surface area contributed by atoms with Crippen molar-refractivity contribution < 1.29 is 4.39 Å². The molecule has 4 rings (SSSR count). The van der Waals surface area contributed by atoms with Gasteiger partial charge < -0.3 is 10.2 Å². The molecule has 8 heteroatoms. The fraction of sp³-hybridized carbons (Fsp3) is 0.286. The third-order valence-electron chi connectivity index (χ3n) is 4.99. The first-order valence-electron chi connectivity index (χ1n) is 9.54. The Balaban J connectivity index is 1.55. The number of hydrogen-bond donors (Lipinski definition) is 2. The molecule has 1 fully saturated rings. The number of piperidine rings is 1. The third kappa shape index (κ3) is 4.81. The van der Waals surface area contributed by atoms with Crippen molar-refractivity contribution in [1.29, 1.82) is 0 Å². The molecule has 0 radical (unpaired) electrons. The smallest absolute Gasteiger partial charge is 0.246 e. The summed E-state index contributed by atoms with van der Waals surface area (Å²) in [7, 11) is 2.14. The molecule has 2 N–H and O–H groups in total. The molecule has 2 heterocycles. The number of anilines is 2. The van der Waals surface area contributed by atoms with Gasteiger partial charge >= 0.3 is 0 Å². The van der Waals surface area contributed by atoms with Crippen molar-refractivity contribution in [2.75, 3.05) is 30.9 Å². The van der Waals surface area contributed by atoms with Gasteiger partial charge in [-0.15, -0.1) is 0 Å². The number of fused-ring (bicyclic) bond motifs is 1. The van der Waals surface area contributed by atoms with Gasteiger partial charge in [-0.05, 0) is 63.3 Å². The number of hydrogen-bond acceptors (Lipinski definition) is 6. The van der Waals surface area contributed by atoms with E-state index in [1.165, 1.54) is 18.3 Å². The highest BCUT2D eigenvalue weighted by Gasteiger charge is 2.18. The zero-order valence-corrected chi connectivity index (χ0v) is 16.8. The van der Waals surface area contributed by atoms with Crippen LogP contribution >= 0.6 is 11.6 Å². The van der Waals surface area contributed by atoms with E-state index >= 15 is 0 Å². The average molecular weight is 413 g/mol. The van der Waals surface area contributed by atoms with Crippen LogP contribution in [-0.2, 0) is 0 Å². The summed E-state index contributed by atoms with van der Waals surface area (Å²) in [5, 5.41) is 9.01.